The SMILES string of the molecule is COc1cc(/C=N\NC(=O)Cn2nnnc2N)cc(OC)c1OC(C)=O. The Kier molecular flexibility index (Phi) is 6.03. The minimum Gasteiger partial charge on any atom is -0.493 e. The highest BCUT2D eigenvalue weighted by molar-refractivity contribution is 5.85. The van der Waals surface area contributed by atoms with Gasteiger partial charge in [0.15, 0.2) is 11.5 Å². The van der Waals surface area contributed by atoms with Crippen LogP contribution < -0.4 is 25.4 Å². The number of methoxy groups -OCH3 is 2. The van der Waals surface area contributed by atoms with Gasteiger partial charge in [0.2, 0.25) is 11.7 Å². The first kappa shape index (κ1) is 18.6. The monoisotopic (exact) mass is 363 g/mol. The van der Waals surface area contributed by atoms with E-state index in [0.717, 1.165) is 4.68 Å². The third kappa shape index (κ3) is 4.66. The molecule has 0 bridgehead atoms. The van der Waals surface area contributed by atoms with E-state index in [2.05, 4.69) is 26.1 Å². The van der Waals surface area contributed by atoms with E-state index in [1.165, 1.54) is 27.4 Å². The Balaban J connectivity index is 2.10. The number of hydrogen-bond donors (Lipinski definition) is 2. The number of rotatable bonds is 7. The Morgan fingerprint density at radius 2 is 1.96 bits per heavy atom. The molecular weight excluding hydrogens is 346 g/mol. The van der Waals surface area contributed by atoms with Gasteiger partial charge in [-0.15, -0.1) is 0 Å². The average molecular weight is 363 g/mol. The van der Waals surface area contributed by atoms with Crippen LogP contribution in [0.4, 0.5) is 5.95 Å². The van der Waals surface area contributed by atoms with Crippen molar-refractivity contribution in [2.24, 2.45) is 5.10 Å². The van der Waals surface area contributed by atoms with Crippen LogP contribution in [-0.2, 0) is 16.1 Å². The van der Waals surface area contributed by atoms with E-state index >= 15 is 0 Å². The fourth-order valence-electron chi connectivity index (χ4n) is 1.89. The number of nitrogens with zero attached hydrogens (tertiary/aromatic N) is 5. The summed E-state index contributed by atoms with van der Waals surface area (Å²) in [6.07, 6.45) is 1.36. The predicted molar refractivity (Wildman–Crippen MR) is 88.8 cm³/mol. The number of carbonyl (C=O) groups excluding carboxylic acids is 2. The molecule has 2 aromatic rings. The number of hydrogen-bond acceptors (Lipinski definition) is 10. The summed E-state index contributed by atoms with van der Waals surface area (Å²) in [6, 6.07) is 3.13. The van der Waals surface area contributed by atoms with Gasteiger partial charge in [0.1, 0.15) is 6.54 Å². The first-order valence-electron chi connectivity index (χ1n) is 7.22. The van der Waals surface area contributed by atoms with E-state index in [1.807, 2.05) is 0 Å². The molecule has 2 rings (SSSR count). The number of nitrogens with one attached hydrogen (secondary N) is 1. The quantitative estimate of drug-likeness (QED) is 0.282. The third-order valence-electron chi connectivity index (χ3n) is 2.98. The summed E-state index contributed by atoms with van der Waals surface area (Å²) in [6.45, 7) is 1.08. The molecule has 1 amide bonds. The summed E-state index contributed by atoms with van der Waals surface area (Å²) in [5, 5.41) is 14.2. The van der Waals surface area contributed by atoms with Crippen LogP contribution in [0.15, 0.2) is 17.2 Å². The topological polar surface area (TPSA) is 156 Å². The van der Waals surface area contributed by atoms with E-state index in [0.29, 0.717) is 5.56 Å². The third-order valence-corrected chi connectivity index (χ3v) is 2.98. The lowest BCUT2D eigenvalue weighted by atomic mass is 10.2. The van der Waals surface area contributed by atoms with Gasteiger partial charge in [-0.25, -0.2) is 10.1 Å². The predicted octanol–water partition coefficient (Wildman–Crippen LogP) is -0.652. The number of ether oxygens (including phenoxy) is 3. The Labute approximate surface area is 147 Å². The summed E-state index contributed by atoms with van der Waals surface area (Å²) in [4.78, 5) is 23.0. The van der Waals surface area contributed by atoms with Gasteiger partial charge in [0, 0.05) is 12.5 Å². The lowest BCUT2D eigenvalue weighted by molar-refractivity contribution is -0.132. The van der Waals surface area contributed by atoms with Gasteiger partial charge in [-0.3, -0.25) is 9.59 Å². The molecule has 0 aliphatic rings. The molecule has 12 heteroatoms. The molecule has 0 saturated carbocycles. The van der Waals surface area contributed by atoms with Gasteiger partial charge in [-0.2, -0.15) is 5.10 Å². The number of amides is 1. The minimum absolute atomic E-state index is 0.0136. The fourth-order valence-corrected chi connectivity index (χ4v) is 1.89. The van der Waals surface area contributed by atoms with Crippen LogP contribution in [0.2, 0.25) is 0 Å². The second-order valence-corrected chi connectivity index (χ2v) is 4.84. The summed E-state index contributed by atoms with van der Waals surface area (Å²) in [5.74, 6) is -0.284. The van der Waals surface area contributed by atoms with Crippen LogP contribution in [0.25, 0.3) is 0 Å². The molecule has 3 N–H and O–H groups in total. The molecule has 138 valence electrons. The van der Waals surface area contributed by atoms with Crippen molar-refractivity contribution in [3.05, 3.63) is 17.7 Å². The average Bonchev–Trinajstić information content (AvgIpc) is 3.00. The Morgan fingerprint density at radius 3 is 2.46 bits per heavy atom. The smallest absolute Gasteiger partial charge is 0.308 e. The number of tetrazole rings is 1. The van der Waals surface area contributed by atoms with Crippen LogP contribution in [0.5, 0.6) is 17.2 Å². The number of aromatic nitrogens is 4. The van der Waals surface area contributed by atoms with Crippen molar-refractivity contribution < 1.29 is 23.8 Å². The zero-order valence-corrected chi connectivity index (χ0v) is 14.3. The summed E-state index contributed by atoms with van der Waals surface area (Å²) in [5.41, 5.74) is 8.31. The summed E-state index contributed by atoms with van der Waals surface area (Å²) < 4.78 is 16.6. The Morgan fingerprint density at radius 1 is 1.31 bits per heavy atom. The van der Waals surface area contributed by atoms with Crippen molar-refractivity contribution in [1.29, 1.82) is 0 Å². The van der Waals surface area contributed by atoms with E-state index in [9.17, 15) is 9.59 Å². The molecule has 1 heterocycles. The lowest BCUT2D eigenvalue weighted by Gasteiger charge is -2.13. The normalized spacial score (nSPS) is 10.6. The van der Waals surface area contributed by atoms with Crippen LogP contribution in [0.3, 0.4) is 0 Å². The number of hydrazone groups is 1. The Bertz CT molecular complexity index is 808. The number of anilines is 1. The van der Waals surface area contributed by atoms with Gasteiger partial charge in [0.25, 0.3) is 5.91 Å². The molecule has 26 heavy (non-hydrogen) atoms. The maximum absolute atomic E-state index is 11.8. The zero-order valence-electron chi connectivity index (χ0n) is 14.3. The Hall–Kier alpha value is -3.70. The molecule has 0 spiro atoms. The van der Waals surface area contributed by atoms with E-state index < -0.39 is 11.9 Å². The number of nitrogens with two attached hydrogens (primary N) is 1. The maximum Gasteiger partial charge on any atom is 0.308 e. The standard InChI is InChI=1S/C14H17N7O5/c1-8(22)26-13-10(24-2)4-9(5-11(13)25-3)6-16-17-12(23)7-21-14(15)18-19-20-21/h4-6H,7H2,1-3H3,(H,17,23)(H2,15,18,20)/b16-6-. The molecule has 0 fully saturated rings. The van der Waals surface area contributed by atoms with Crippen LogP contribution in [0.1, 0.15) is 12.5 Å². The summed E-state index contributed by atoms with van der Waals surface area (Å²) in [7, 11) is 2.84. The molecule has 0 radical (unpaired) electrons. The summed E-state index contributed by atoms with van der Waals surface area (Å²) >= 11 is 0. The zero-order chi connectivity index (χ0) is 19.1. The molecule has 0 saturated heterocycles. The van der Waals surface area contributed by atoms with Gasteiger partial charge in [-0.05, 0) is 22.6 Å². The maximum atomic E-state index is 11.8. The first-order valence-corrected chi connectivity index (χ1v) is 7.22. The van der Waals surface area contributed by atoms with Gasteiger partial charge in [-0.1, -0.05) is 5.10 Å². The van der Waals surface area contributed by atoms with Gasteiger partial charge >= 0.3 is 5.97 Å². The second kappa shape index (κ2) is 8.41. The van der Waals surface area contributed by atoms with Crippen molar-refractivity contribution in [1.82, 2.24) is 25.6 Å². The van der Waals surface area contributed by atoms with E-state index in [4.69, 9.17) is 19.9 Å². The van der Waals surface area contributed by atoms with Crippen molar-refractivity contribution in [2.45, 2.75) is 13.5 Å². The van der Waals surface area contributed by atoms with Crippen molar-refractivity contribution in [3.8, 4) is 17.2 Å². The number of nitrogen functional groups attached to an aromatic ring is 1. The van der Waals surface area contributed by atoms with Crippen LogP contribution in [0, 0.1) is 0 Å². The van der Waals surface area contributed by atoms with Crippen molar-refractivity contribution in [2.75, 3.05) is 20.0 Å². The minimum atomic E-state index is -0.517. The van der Waals surface area contributed by atoms with Gasteiger partial charge in [0.05, 0.1) is 20.4 Å². The van der Waals surface area contributed by atoms with Gasteiger partial charge < -0.3 is 19.9 Å². The highest BCUT2D eigenvalue weighted by Gasteiger charge is 2.15. The van der Waals surface area contributed by atoms with Crippen molar-refractivity contribution in [3.63, 3.8) is 0 Å². The molecule has 1 aromatic carbocycles. The molecule has 0 atom stereocenters. The molecular formula is C14H17N7O5. The number of benzene rings is 1. The first-order chi connectivity index (χ1) is 12.4. The van der Waals surface area contributed by atoms with E-state index in [1.54, 1.807) is 12.1 Å². The lowest BCUT2D eigenvalue weighted by Crippen LogP contribution is -2.24. The number of esters is 1. The fraction of sp³-hybridized carbons (Fsp3) is 0.286. The number of carbonyl (C=O) groups is 2. The van der Waals surface area contributed by atoms with E-state index in [-0.39, 0.29) is 29.7 Å². The largest absolute Gasteiger partial charge is 0.493 e. The highest BCUT2D eigenvalue weighted by Crippen LogP contribution is 2.38. The van der Waals surface area contributed by atoms with Crippen molar-refractivity contribution >= 4 is 24.0 Å². The second-order valence-electron chi connectivity index (χ2n) is 4.84. The molecule has 12 nitrogen and oxygen atoms in total. The van der Waals surface area contributed by atoms with Crippen LogP contribution >= 0.6 is 0 Å². The molecule has 0 aliphatic heterocycles. The molecule has 0 unspecified atom stereocenters. The molecule has 0 aliphatic carbocycles. The molecule has 1 aromatic heterocycles. The van der Waals surface area contributed by atoms with Crippen LogP contribution in [-0.4, -0.2) is 52.5 Å². The highest BCUT2D eigenvalue weighted by atomic mass is 16.6.